The zero-order valence-corrected chi connectivity index (χ0v) is 23.5. The Morgan fingerprint density at radius 1 is 1.08 bits per heavy atom. The molecule has 0 fully saturated rings. The smallest absolute Gasteiger partial charge is 0.352 e. The van der Waals surface area contributed by atoms with Gasteiger partial charge in [-0.2, -0.15) is 13.2 Å². The van der Waals surface area contributed by atoms with Gasteiger partial charge in [0.1, 0.15) is 12.6 Å². The highest BCUT2D eigenvalue weighted by atomic mass is 35.5. The van der Waals surface area contributed by atoms with Crippen molar-refractivity contribution in [3.8, 4) is 0 Å². The van der Waals surface area contributed by atoms with Gasteiger partial charge in [-0.25, -0.2) is 8.42 Å². The quantitative estimate of drug-likeness (QED) is 0.401. The van der Waals surface area contributed by atoms with Gasteiger partial charge in [0.15, 0.2) is 0 Å². The van der Waals surface area contributed by atoms with Crippen molar-refractivity contribution in [3.63, 3.8) is 0 Å². The number of carbonyl (C=O) groups excluding carboxylic acids is 2. The molecule has 0 spiro atoms. The lowest BCUT2D eigenvalue weighted by atomic mass is 10.1. The first-order valence-electron chi connectivity index (χ1n) is 12.1. The summed E-state index contributed by atoms with van der Waals surface area (Å²) in [4.78, 5) is 28.1. The number of carbonyl (C=O) groups is 2. The summed E-state index contributed by atoms with van der Waals surface area (Å²) in [6, 6.07) is 8.76. The van der Waals surface area contributed by atoms with E-state index >= 15 is 0 Å². The Morgan fingerprint density at radius 3 is 2.24 bits per heavy atom. The van der Waals surface area contributed by atoms with E-state index in [1.807, 2.05) is 32.9 Å². The van der Waals surface area contributed by atoms with Gasteiger partial charge in [0, 0.05) is 12.6 Å². The van der Waals surface area contributed by atoms with E-state index in [1.165, 1.54) is 4.90 Å². The van der Waals surface area contributed by atoms with Crippen molar-refractivity contribution < 1.29 is 31.2 Å². The van der Waals surface area contributed by atoms with E-state index < -0.39 is 51.2 Å². The summed E-state index contributed by atoms with van der Waals surface area (Å²) in [6.45, 7) is 6.48. The summed E-state index contributed by atoms with van der Waals surface area (Å²) >= 11 is 5.70. The van der Waals surface area contributed by atoms with Gasteiger partial charge in [0.25, 0.3) is 0 Å². The van der Waals surface area contributed by atoms with Crippen LogP contribution < -0.4 is 9.62 Å². The summed E-state index contributed by atoms with van der Waals surface area (Å²) in [5.41, 5.74) is 0.00166. The molecule has 0 aliphatic carbocycles. The van der Waals surface area contributed by atoms with Gasteiger partial charge in [-0.1, -0.05) is 49.7 Å². The summed E-state index contributed by atoms with van der Waals surface area (Å²) in [6.07, 6.45) is -3.15. The molecular formula is C26H33ClF3N3O4S. The zero-order valence-electron chi connectivity index (χ0n) is 22.0. The van der Waals surface area contributed by atoms with Gasteiger partial charge in [-0.05, 0) is 56.0 Å². The minimum atomic E-state index is -4.83. The first kappa shape index (κ1) is 31.4. The van der Waals surface area contributed by atoms with E-state index in [1.54, 1.807) is 19.1 Å². The number of nitrogens with zero attached hydrogens (tertiary/aromatic N) is 2. The van der Waals surface area contributed by atoms with Gasteiger partial charge in [-0.15, -0.1) is 0 Å². The van der Waals surface area contributed by atoms with Crippen LogP contribution in [0.2, 0.25) is 5.02 Å². The summed E-state index contributed by atoms with van der Waals surface area (Å²) in [5.74, 6) is -1.14. The summed E-state index contributed by atoms with van der Waals surface area (Å²) in [7, 11) is -4.20. The molecule has 1 N–H and O–H groups in total. The molecule has 2 aromatic carbocycles. The first-order chi connectivity index (χ1) is 17.6. The van der Waals surface area contributed by atoms with Crippen LogP contribution in [0.3, 0.4) is 0 Å². The molecule has 7 nitrogen and oxygen atoms in total. The van der Waals surface area contributed by atoms with Crippen LogP contribution in [0.1, 0.15) is 50.3 Å². The topological polar surface area (TPSA) is 86.8 Å². The molecule has 2 aromatic rings. The van der Waals surface area contributed by atoms with Gasteiger partial charge in [0.05, 0.1) is 22.5 Å². The van der Waals surface area contributed by atoms with Crippen LogP contribution >= 0.6 is 11.6 Å². The fraction of sp³-hybridized carbons (Fsp3) is 0.462. The molecule has 2 unspecified atom stereocenters. The number of amides is 2. The Kier molecular flexibility index (Phi) is 10.6. The van der Waals surface area contributed by atoms with Gasteiger partial charge < -0.3 is 10.2 Å². The van der Waals surface area contributed by atoms with Crippen molar-refractivity contribution in [3.05, 3.63) is 64.2 Å². The number of halogens is 4. The zero-order chi connectivity index (χ0) is 28.8. The SMILES string of the molecule is CCC(C)NC(=O)C(CC)N(Cc1ccccc1C)C(=O)CN(c1ccc(Cl)c(C(F)(F)F)c1)S(C)(=O)=O. The second kappa shape index (κ2) is 12.8. The van der Waals surface area contributed by atoms with Gasteiger partial charge in [0.2, 0.25) is 21.8 Å². The Hall–Kier alpha value is -2.79. The normalized spacial score (nSPS) is 13.5. The maximum absolute atomic E-state index is 13.7. The fourth-order valence-corrected chi connectivity index (χ4v) is 4.90. The van der Waals surface area contributed by atoms with E-state index in [0.29, 0.717) is 16.8 Å². The Morgan fingerprint density at radius 2 is 1.71 bits per heavy atom. The largest absolute Gasteiger partial charge is 0.417 e. The van der Waals surface area contributed by atoms with Gasteiger partial charge >= 0.3 is 6.18 Å². The average Bonchev–Trinajstić information content (AvgIpc) is 2.82. The van der Waals surface area contributed by atoms with Crippen LogP contribution in [0.4, 0.5) is 18.9 Å². The Balaban J connectivity index is 2.54. The summed E-state index contributed by atoms with van der Waals surface area (Å²) in [5, 5.41) is 2.26. The molecule has 0 saturated heterocycles. The summed E-state index contributed by atoms with van der Waals surface area (Å²) < 4.78 is 66.3. The minimum Gasteiger partial charge on any atom is -0.352 e. The highest BCUT2D eigenvalue weighted by molar-refractivity contribution is 7.92. The Bertz CT molecular complexity index is 1250. The third kappa shape index (κ3) is 8.10. The maximum atomic E-state index is 13.7. The highest BCUT2D eigenvalue weighted by Crippen LogP contribution is 2.37. The monoisotopic (exact) mass is 575 g/mol. The molecule has 2 rings (SSSR count). The van der Waals surface area contributed by atoms with Crippen LogP contribution in [0.15, 0.2) is 42.5 Å². The predicted octanol–water partition coefficient (Wildman–Crippen LogP) is 5.16. The van der Waals surface area contributed by atoms with Gasteiger partial charge in [-0.3, -0.25) is 13.9 Å². The van der Waals surface area contributed by atoms with Crippen LogP contribution in [0.5, 0.6) is 0 Å². The standard InChI is InChI=1S/C26H33ClF3N3O4S/c1-6-18(4)31-25(35)23(7-2)32(15-19-11-9-8-10-17(19)3)24(34)16-33(38(5,36)37)20-12-13-22(27)21(14-20)26(28,29)30/h8-14,18,23H,6-7,15-16H2,1-5H3,(H,31,35). The number of rotatable bonds is 11. The third-order valence-electron chi connectivity index (χ3n) is 6.21. The maximum Gasteiger partial charge on any atom is 0.417 e. The van der Waals surface area contributed by atoms with E-state index in [2.05, 4.69) is 5.32 Å². The molecule has 0 saturated carbocycles. The molecular weight excluding hydrogens is 543 g/mol. The van der Waals surface area contributed by atoms with Crippen molar-refractivity contribution in [2.75, 3.05) is 17.1 Å². The van der Waals surface area contributed by atoms with Crippen LogP contribution in [-0.2, 0) is 32.3 Å². The molecule has 0 radical (unpaired) electrons. The number of alkyl halides is 3. The second-order valence-corrected chi connectivity index (χ2v) is 11.4. The molecule has 0 aromatic heterocycles. The molecule has 38 heavy (non-hydrogen) atoms. The first-order valence-corrected chi connectivity index (χ1v) is 14.3. The molecule has 0 bridgehead atoms. The number of benzene rings is 2. The van der Waals surface area contributed by atoms with Crippen LogP contribution in [-0.4, -0.2) is 50.0 Å². The van der Waals surface area contributed by atoms with E-state index in [4.69, 9.17) is 11.6 Å². The Labute approximate surface area is 227 Å². The van der Waals surface area contributed by atoms with E-state index in [0.717, 1.165) is 29.5 Å². The number of anilines is 1. The fourth-order valence-electron chi connectivity index (χ4n) is 3.83. The number of hydrogen-bond acceptors (Lipinski definition) is 4. The lowest BCUT2D eigenvalue weighted by molar-refractivity contribution is -0.140. The highest BCUT2D eigenvalue weighted by Gasteiger charge is 2.36. The molecule has 2 atom stereocenters. The third-order valence-corrected chi connectivity index (χ3v) is 7.68. The molecule has 0 heterocycles. The minimum absolute atomic E-state index is 0.00393. The molecule has 0 aliphatic heterocycles. The van der Waals surface area contributed by atoms with Crippen LogP contribution in [0.25, 0.3) is 0 Å². The predicted molar refractivity (Wildman–Crippen MR) is 142 cm³/mol. The number of aryl methyl sites for hydroxylation is 1. The second-order valence-electron chi connectivity index (χ2n) is 9.12. The number of sulfonamides is 1. The van der Waals surface area contributed by atoms with Crippen molar-refractivity contribution in [2.24, 2.45) is 0 Å². The molecule has 12 heteroatoms. The molecule has 0 aliphatic rings. The molecule has 2 amide bonds. The van der Waals surface area contributed by atoms with E-state index in [9.17, 15) is 31.2 Å². The number of nitrogens with one attached hydrogen (secondary N) is 1. The number of hydrogen-bond donors (Lipinski definition) is 1. The lowest BCUT2D eigenvalue weighted by Gasteiger charge is -2.33. The van der Waals surface area contributed by atoms with Crippen molar-refractivity contribution in [2.45, 2.75) is 65.3 Å². The van der Waals surface area contributed by atoms with E-state index in [-0.39, 0.29) is 24.7 Å². The molecule has 210 valence electrons. The lowest BCUT2D eigenvalue weighted by Crippen LogP contribution is -2.53. The van der Waals surface area contributed by atoms with Crippen molar-refractivity contribution >= 4 is 39.1 Å². The van der Waals surface area contributed by atoms with Crippen molar-refractivity contribution in [1.82, 2.24) is 10.2 Å². The van der Waals surface area contributed by atoms with Crippen molar-refractivity contribution in [1.29, 1.82) is 0 Å². The average molecular weight is 576 g/mol. The van der Waals surface area contributed by atoms with Crippen LogP contribution in [0, 0.1) is 6.92 Å².